The highest BCUT2D eigenvalue weighted by atomic mass is 16.5. The van der Waals surface area contributed by atoms with Crippen LogP contribution in [0, 0.1) is 0 Å². The van der Waals surface area contributed by atoms with Gasteiger partial charge in [-0.1, -0.05) is 42.5 Å². The first-order valence-electron chi connectivity index (χ1n) is 8.80. The fourth-order valence-electron chi connectivity index (χ4n) is 2.87. The molecule has 0 saturated carbocycles. The van der Waals surface area contributed by atoms with Gasteiger partial charge in [0, 0.05) is 18.7 Å². The number of amides is 1. The minimum absolute atomic E-state index is 0.0164. The Morgan fingerprint density at radius 1 is 0.704 bits per heavy atom. The van der Waals surface area contributed by atoms with Crippen LogP contribution >= 0.6 is 0 Å². The normalized spacial score (nSPS) is 10.3. The van der Waals surface area contributed by atoms with Crippen LogP contribution in [0.15, 0.2) is 78.9 Å². The predicted octanol–water partition coefficient (Wildman–Crippen LogP) is 4.55. The topological polar surface area (TPSA) is 38.8 Å². The maximum atomic E-state index is 13.1. The lowest BCUT2D eigenvalue weighted by Crippen LogP contribution is -2.30. The van der Waals surface area contributed by atoms with E-state index >= 15 is 0 Å². The van der Waals surface area contributed by atoms with Gasteiger partial charge in [0.05, 0.1) is 14.2 Å². The zero-order valence-corrected chi connectivity index (χ0v) is 15.6. The summed E-state index contributed by atoms with van der Waals surface area (Å²) in [5.41, 5.74) is 2.78. The van der Waals surface area contributed by atoms with Gasteiger partial charge in [-0.05, 0) is 47.5 Å². The summed E-state index contributed by atoms with van der Waals surface area (Å²) in [5.74, 6) is 1.52. The number of carbonyl (C=O) groups is 1. The molecule has 0 fully saturated rings. The highest BCUT2D eigenvalue weighted by Gasteiger charge is 2.17. The number of rotatable bonds is 7. The molecule has 0 heterocycles. The van der Waals surface area contributed by atoms with Gasteiger partial charge in [-0.25, -0.2) is 0 Å². The van der Waals surface area contributed by atoms with Crippen molar-refractivity contribution in [2.45, 2.75) is 13.1 Å². The minimum Gasteiger partial charge on any atom is -0.497 e. The van der Waals surface area contributed by atoms with Gasteiger partial charge in [0.1, 0.15) is 11.5 Å². The molecule has 0 saturated heterocycles. The molecule has 0 N–H and O–H groups in total. The first kappa shape index (κ1) is 18.5. The lowest BCUT2D eigenvalue weighted by molar-refractivity contribution is 0.0730. The highest BCUT2D eigenvalue weighted by molar-refractivity contribution is 5.94. The molecule has 0 aliphatic rings. The molecule has 0 aliphatic heterocycles. The Balaban J connectivity index is 1.84. The van der Waals surface area contributed by atoms with Crippen LogP contribution in [0.25, 0.3) is 0 Å². The second kappa shape index (κ2) is 8.90. The van der Waals surface area contributed by atoms with Gasteiger partial charge in [-0.3, -0.25) is 4.79 Å². The molecule has 3 aromatic carbocycles. The van der Waals surface area contributed by atoms with Crippen molar-refractivity contribution in [3.05, 3.63) is 95.6 Å². The summed E-state index contributed by atoms with van der Waals surface area (Å²) in [6.45, 7) is 1.06. The van der Waals surface area contributed by atoms with E-state index in [4.69, 9.17) is 9.47 Å². The minimum atomic E-state index is -0.0164. The second-order valence-corrected chi connectivity index (χ2v) is 6.22. The van der Waals surface area contributed by atoms with E-state index in [2.05, 4.69) is 0 Å². The number of hydrogen-bond donors (Lipinski definition) is 0. The lowest BCUT2D eigenvalue weighted by atomic mass is 10.1. The number of ether oxygens (including phenoxy) is 2. The Labute approximate surface area is 160 Å². The first-order chi connectivity index (χ1) is 13.2. The summed E-state index contributed by atoms with van der Waals surface area (Å²) in [6.07, 6.45) is 0. The Morgan fingerprint density at radius 2 is 1.19 bits per heavy atom. The monoisotopic (exact) mass is 361 g/mol. The third-order valence-electron chi connectivity index (χ3n) is 4.37. The van der Waals surface area contributed by atoms with E-state index in [1.165, 1.54) is 0 Å². The van der Waals surface area contributed by atoms with Gasteiger partial charge in [-0.15, -0.1) is 0 Å². The lowest BCUT2D eigenvalue weighted by Gasteiger charge is -2.23. The van der Waals surface area contributed by atoms with E-state index in [0.717, 1.165) is 22.6 Å². The molecule has 27 heavy (non-hydrogen) atoms. The molecule has 0 atom stereocenters. The van der Waals surface area contributed by atoms with Crippen LogP contribution in [-0.4, -0.2) is 25.0 Å². The van der Waals surface area contributed by atoms with Crippen LogP contribution in [0.4, 0.5) is 0 Å². The molecular formula is C23H23NO3. The van der Waals surface area contributed by atoms with Crippen LogP contribution in [0.1, 0.15) is 21.5 Å². The first-order valence-corrected chi connectivity index (χ1v) is 8.80. The summed E-state index contributed by atoms with van der Waals surface area (Å²) in [5, 5.41) is 0. The molecule has 0 aromatic heterocycles. The van der Waals surface area contributed by atoms with Crippen LogP contribution in [-0.2, 0) is 13.1 Å². The standard InChI is InChI=1S/C23H23NO3/c1-26-21-12-8-19(9-13-21)17-24(16-18-6-4-3-5-7-18)23(25)20-10-14-22(27-2)15-11-20/h3-15H,16-17H2,1-2H3. The maximum absolute atomic E-state index is 13.1. The fraction of sp³-hybridized carbons (Fsp3) is 0.174. The van der Waals surface area contributed by atoms with Crippen molar-refractivity contribution >= 4 is 5.91 Å². The molecule has 3 aromatic rings. The van der Waals surface area contributed by atoms with Crippen LogP contribution < -0.4 is 9.47 Å². The van der Waals surface area contributed by atoms with Gasteiger partial charge >= 0.3 is 0 Å². The van der Waals surface area contributed by atoms with Crippen molar-refractivity contribution in [2.24, 2.45) is 0 Å². The van der Waals surface area contributed by atoms with Gasteiger partial charge in [-0.2, -0.15) is 0 Å². The number of benzene rings is 3. The maximum Gasteiger partial charge on any atom is 0.254 e. The average Bonchev–Trinajstić information content (AvgIpc) is 2.74. The highest BCUT2D eigenvalue weighted by Crippen LogP contribution is 2.18. The molecule has 3 rings (SSSR count). The summed E-state index contributed by atoms with van der Waals surface area (Å²) in [6, 6.07) is 25.0. The molecule has 0 radical (unpaired) electrons. The number of carbonyl (C=O) groups excluding carboxylic acids is 1. The molecule has 0 aliphatic carbocycles. The van der Waals surface area contributed by atoms with Crippen molar-refractivity contribution in [1.82, 2.24) is 4.90 Å². The second-order valence-electron chi connectivity index (χ2n) is 6.22. The number of hydrogen-bond acceptors (Lipinski definition) is 3. The number of nitrogens with zero attached hydrogens (tertiary/aromatic N) is 1. The molecule has 138 valence electrons. The molecule has 4 nitrogen and oxygen atoms in total. The van der Waals surface area contributed by atoms with Crippen molar-refractivity contribution < 1.29 is 14.3 Å². The largest absolute Gasteiger partial charge is 0.497 e. The van der Waals surface area contributed by atoms with Crippen molar-refractivity contribution in [3.63, 3.8) is 0 Å². The van der Waals surface area contributed by atoms with Crippen molar-refractivity contribution in [2.75, 3.05) is 14.2 Å². The molecule has 4 heteroatoms. The quantitative estimate of drug-likeness (QED) is 0.620. The van der Waals surface area contributed by atoms with Gasteiger partial charge < -0.3 is 14.4 Å². The SMILES string of the molecule is COc1ccc(CN(Cc2ccccc2)C(=O)c2ccc(OC)cc2)cc1. The fourth-order valence-corrected chi connectivity index (χ4v) is 2.87. The van der Waals surface area contributed by atoms with Crippen molar-refractivity contribution in [1.29, 1.82) is 0 Å². The Morgan fingerprint density at radius 3 is 1.70 bits per heavy atom. The molecule has 0 spiro atoms. The van der Waals surface area contributed by atoms with Gasteiger partial charge in [0.15, 0.2) is 0 Å². The summed E-state index contributed by atoms with van der Waals surface area (Å²) in [7, 11) is 3.26. The van der Waals surface area contributed by atoms with E-state index < -0.39 is 0 Å². The zero-order chi connectivity index (χ0) is 19.1. The van der Waals surface area contributed by atoms with Crippen LogP contribution in [0.3, 0.4) is 0 Å². The third kappa shape index (κ3) is 4.88. The predicted molar refractivity (Wildman–Crippen MR) is 106 cm³/mol. The molecular weight excluding hydrogens is 338 g/mol. The van der Waals surface area contributed by atoms with Crippen LogP contribution in [0.5, 0.6) is 11.5 Å². The van der Waals surface area contributed by atoms with Gasteiger partial charge in [0.25, 0.3) is 5.91 Å². The van der Waals surface area contributed by atoms with E-state index in [9.17, 15) is 4.79 Å². The van der Waals surface area contributed by atoms with E-state index in [1.54, 1.807) is 38.5 Å². The summed E-state index contributed by atoms with van der Waals surface area (Å²) in [4.78, 5) is 15.0. The van der Waals surface area contributed by atoms with Crippen molar-refractivity contribution in [3.8, 4) is 11.5 Å². The Bertz CT molecular complexity index is 858. The van der Waals surface area contributed by atoms with Gasteiger partial charge in [0.2, 0.25) is 0 Å². The number of methoxy groups -OCH3 is 2. The van der Waals surface area contributed by atoms with E-state index in [0.29, 0.717) is 18.7 Å². The third-order valence-corrected chi connectivity index (χ3v) is 4.37. The smallest absolute Gasteiger partial charge is 0.254 e. The van der Waals surface area contributed by atoms with Crippen LogP contribution in [0.2, 0.25) is 0 Å². The summed E-state index contributed by atoms with van der Waals surface area (Å²) >= 11 is 0. The van der Waals surface area contributed by atoms with E-state index in [-0.39, 0.29) is 5.91 Å². The molecule has 1 amide bonds. The Hall–Kier alpha value is -3.27. The molecule has 0 unspecified atom stereocenters. The Kier molecular flexibility index (Phi) is 6.10. The average molecular weight is 361 g/mol. The summed E-state index contributed by atoms with van der Waals surface area (Å²) < 4.78 is 10.4. The zero-order valence-electron chi connectivity index (χ0n) is 15.6. The molecule has 0 bridgehead atoms. The van der Waals surface area contributed by atoms with E-state index in [1.807, 2.05) is 59.5 Å².